The monoisotopic (exact) mass is 410 g/mol. The normalized spacial score (nSPS) is 16.0. The lowest BCUT2D eigenvalue weighted by atomic mass is 10.1. The molecule has 1 aromatic heterocycles. The number of carbonyl (C=O) groups is 1. The van der Waals surface area contributed by atoms with E-state index >= 15 is 0 Å². The molecule has 1 N–H and O–H groups in total. The average molecular weight is 410 g/mol. The molecule has 8 heteroatoms. The summed E-state index contributed by atoms with van der Waals surface area (Å²) >= 11 is 1.41. The fraction of sp³-hybridized carbons (Fsp3) is 0.286. The smallest absolute Gasteiger partial charge is 0.237 e. The summed E-state index contributed by atoms with van der Waals surface area (Å²) in [6.45, 7) is 1.87. The van der Waals surface area contributed by atoms with E-state index in [4.69, 9.17) is 9.47 Å². The van der Waals surface area contributed by atoms with Crippen LogP contribution in [-0.4, -0.2) is 40.1 Å². The van der Waals surface area contributed by atoms with Gasteiger partial charge in [0.2, 0.25) is 5.91 Å². The van der Waals surface area contributed by atoms with E-state index in [2.05, 4.69) is 21.6 Å². The number of thioether (sulfide) groups is 1. The van der Waals surface area contributed by atoms with Gasteiger partial charge in [0.25, 0.3) is 0 Å². The van der Waals surface area contributed by atoms with Crippen molar-refractivity contribution in [3.05, 3.63) is 53.9 Å². The number of nitrogens with zero attached hydrogens (tertiary/aromatic N) is 3. The van der Waals surface area contributed by atoms with Crippen molar-refractivity contribution in [2.75, 3.05) is 19.5 Å². The van der Waals surface area contributed by atoms with Crippen LogP contribution in [0.2, 0.25) is 0 Å². The summed E-state index contributed by atoms with van der Waals surface area (Å²) in [5.41, 5.74) is 2.80. The zero-order valence-corrected chi connectivity index (χ0v) is 17.3. The number of aromatic nitrogens is 3. The van der Waals surface area contributed by atoms with Crippen molar-refractivity contribution in [2.45, 2.75) is 30.2 Å². The third-order valence-corrected chi connectivity index (χ3v) is 6.12. The van der Waals surface area contributed by atoms with Gasteiger partial charge in [-0.25, -0.2) is 0 Å². The third kappa shape index (κ3) is 3.80. The number of amides is 1. The Morgan fingerprint density at radius 3 is 2.76 bits per heavy atom. The van der Waals surface area contributed by atoms with Gasteiger partial charge in [0.1, 0.15) is 17.3 Å². The quantitative estimate of drug-likeness (QED) is 0.692. The molecule has 1 atom stereocenters. The number of para-hydroxylation sites is 1. The summed E-state index contributed by atoms with van der Waals surface area (Å²) < 4.78 is 12.8. The van der Waals surface area contributed by atoms with Crippen molar-refractivity contribution < 1.29 is 14.3 Å². The van der Waals surface area contributed by atoms with Crippen LogP contribution in [0.1, 0.15) is 17.8 Å². The molecule has 0 saturated carbocycles. The summed E-state index contributed by atoms with van der Waals surface area (Å²) in [5, 5.41) is 12.0. The lowest BCUT2D eigenvalue weighted by molar-refractivity contribution is -0.115. The number of hydrogen-bond acceptors (Lipinski definition) is 6. The second kappa shape index (κ2) is 8.16. The van der Waals surface area contributed by atoms with Gasteiger partial charge in [-0.15, -0.1) is 10.2 Å². The largest absolute Gasteiger partial charge is 0.497 e. The second-order valence-electron chi connectivity index (χ2n) is 6.69. The van der Waals surface area contributed by atoms with E-state index in [0.717, 1.165) is 23.4 Å². The molecular formula is C21H22N4O3S. The van der Waals surface area contributed by atoms with Crippen LogP contribution in [0.5, 0.6) is 11.5 Å². The molecule has 3 aromatic rings. The van der Waals surface area contributed by atoms with Gasteiger partial charge < -0.3 is 14.8 Å². The second-order valence-corrected chi connectivity index (χ2v) is 7.86. The summed E-state index contributed by atoms with van der Waals surface area (Å²) in [4.78, 5) is 12.8. The first-order valence-corrected chi connectivity index (χ1v) is 10.2. The number of nitrogens with one attached hydrogen (secondary N) is 1. The standard InChI is InChI=1S/C21H22N4O3S/c1-13-23-24-21(25(13)17-12-15(27-2)9-10-18(17)28-3)29-19-11-8-14-6-4-5-7-16(14)22-20(19)26/h4-7,9-10,12,19H,8,11H2,1-3H3,(H,22,26)/t19-/m1/s1. The predicted octanol–water partition coefficient (Wildman–Crippen LogP) is 3.64. The molecule has 0 saturated heterocycles. The van der Waals surface area contributed by atoms with Gasteiger partial charge in [0, 0.05) is 11.8 Å². The molecule has 1 aliphatic heterocycles. The fourth-order valence-corrected chi connectivity index (χ4v) is 4.48. The molecule has 0 fully saturated rings. The summed E-state index contributed by atoms with van der Waals surface area (Å²) in [7, 11) is 3.24. The van der Waals surface area contributed by atoms with Crippen LogP contribution in [0.15, 0.2) is 47.6 Å². The van der Waals surface area contributed by atoms with Gasteiger partial charge in [-0.05, 0) is 43.5 Å². The van der Waals surface area contributed by atoms with Crippen molar-refractivity contribution in [3.63, 3.8) is 0 Å². The summed E-state index contributed by atoms with van der Waals surface area (Å²) in [5.74, 6) is 2.06. The maximum Gasteiger partial charge on any atom is 0.237 e. The van der Waals surface area contributed by atoms with Crippen molar-refractivity contribution in [3.8, 4) is 17.2 Å². The molecule has 0 aliphatic carbocycles. The molecule has 7 nitrogen and oxygen atoms in total. The molecule has 0 spiro atoms. The topological polar surface area (TPSA) is 78.3 Å². The Bertz CT molecular complexity index is 1050. The number of ether oxygens (including phenoxy) is 2. The van der Waals surface area contributed by atoms with Crippen molar-refractivity contribution in [1.29, 1.82) is 0 Å². The lowest BCUT2D eigenvalue weighted by Gasteiger charge is -2.16. The van der Waals surface area contributed by atoms with Crippen LogP contribution < -0.4 is 14.8 Å². The molecule has 150 valence electrons. The lowest BCUT2D eigenvalue weighted by Crippen LogP contribution is -2.24. The van der Waals surface area contributed by atoms with Gasteiger partial charge >= 0.3 is 0 Å². The number of fused-ring (bicyclic) bond motifs is 1. The summed E-state index contributed by atoms with van der Waals surface area (Å²) in [6, 6.07) is 13.5. The molecule has 1 aliphatic rings. The van der Waals surface area contributed by atoms with Gasteiger partial charge in [-0.3, -0.25) is 9.36 Å². The highest BCUT2D eigenvalue weighted by atomic mass is 32.2. The highest BCUT2D eigenvalue weighted by Gasteiger charge is 2.27. The Morgan fingerprint density at radius 1 is 1.14 bits per heavy atom. The van der Waals surface area contributed by atoms with Crippen LogP contribution in [0.4, 0.5) is 5.69 Å². The Hall–Kier alpha value is -3.00. The molecule has 0 radical (unpaired) electrons. The molecule has 2 heterocycles. The van der Waals surface area contributed by atoms with E-state index in [1.807, 2.05) is 47.9 Å². The minimum absolute atomic E-state index is 0.0234. The van der Waals surface area contributed by atoms with E-state index in [1.54, 1.807) is 14.2 Å². The first-order valence-electron chi connectivity index (χ1n) is 9.30. The van der Waals surface area contributed by atoms with Gasteiger partial charge in [0.05, 0.1) is 25.2 Å². The van der Waals surface area contributed by atoms with E-state index < -0.39 is 0 Å². The number of benzene rings is 2. The maximum absolute atomic E-state index is 12.8. The number of rotatable bonds is 5. The zero-order valence-electron chi connectivity index (χ0n) is 16.5. The zero-order chi connectivity index (χ0) is 20.4. The van der Waals surface area contributed by atoms with Crippen LogP contribution in [0.25, 0.3) is 5.69 Å². The van der Waals surface area contributed by atoms with E-state index in [1.165, 1.54) is 11.8 Å². The number of anilines is 1. The van der Waals surface area contributed by atoms with E-state index in [-0.39, 0.29) is 11.2 Å². The maximum atomic E-state index is 12.8. The third-order valence-electron chi connectivity index (χ3n) is 4.91. The molecule has 4 rings (SSSR count). The SMILES string of the molecule is COc1ccc(OC)c(-n2c(C)nnc2S[C@@H]2CCc3ccccc3NC2=O)c1. The molecular weight excluding hydrogens is 388 g/mol. The Labute approximate surface area is 173 Å². The van der Waals surface area contributed by atoms with Crippen LogP contribution >= 0.6 is 11.8 Å². The minimum atomic E-state index is -0.277. The van der Waals surface area contributed by atoms with Crippen LogP contribution in [0, 0.1) is 6.92 Å². The van der Waals surface area contributed by atoms with Gasteiger partial charge in [-0.2, -0.15) is 0 Å². The molecule has 0 unspecified atom stereocenters. The molecule has 29 heavy (non-hydrogen) atoms. The Kier molecular flexibility index (Phi) is 5.44. The number of methoxy groups -OCH3 is 2. The average Bonchev–Trinajstić information content (AvgIpc) is 3.02. The van der Waals surface area contributed by atoms with Crippen molar-refractivity contribution >= 4 is 23.4 Å². The molecule has 2 aromatic carbocycles. The summed E-state index contributed by atoms with van der Waals surface area (Å²) in [6.07, 6.45) is 1.54. The number of aryl methyl sites for hydroxylation is 2. The van der Waals surface area contributed by atoms with Crippen LogP contribution in [0.3, 0.4) is 0 Å². The minimum Gasteiger partial charge on any atom is -0.497 e. The molecule has 0 bridgehead atoms. The number of hydrogen-bond donors (Lipinski definition) is 1. The Balaban J connectivity index is 1.66. The van der Waals surface area contributed by atoms with E-state index in [0.29, 0.717) is 28.9 Å². The fourth-order valence-electron chi connectivity index (χ4n) is 3.40. The molecule has 1 amide bonds. The predicted molar refractivity (Wildman–Crippen MR) is 112 cm³/mol. The van der Waals surface area contributed by atoms with Crippen LogP contribution in [-0.2, 0) is 11.2 Å². The van der Waals surface area contributed by atoms with Crippen molar-refractivity contribution in [1.82, 2.24) is 14.8 Å². The van der Waals surface area contributed by atoms with Gasteiger partial charge in [0.15, 0.2) is 5.16 Å². The Morgan fingerprint density at radius 2 is 1.97 bits per heavy atom. The first-order chi connectivity index (χ1) is 14.1. The van der Waals surface area contributed by atoms with E-state index in [9.17, 15) is 4.79 Å². The highest BCUT2D eigenvalue weighted by molar-refractivity contribution is 8.00. The first kappa shape index (κ1) is 19.3. The highest BCUT2D eigenvalue weighted by Crippen LogP contribution is 2.35. The number of carbonyl (C=O) groups excluding carboxylic acids is 1. The van der Waals surface area contributed by atoms with Gasteiger partial charge in [-0.1, -0.05) is 30.0 Å². The van der Waals surface area contributed by atoms with Crippen molar-refractivity contribution in [2.24, 2.45) is 0 Å².